The summed E-state index contributed by atoms with van der Waals surface area (Å²) < 4.78 is 1.72. The summed E-state index contributed by atoms with van der Waals surface area (Å²) >= 11 is -2.14. The van der Waals surface area contributed by atoms with Crippen molar-refractivity contribution in [1.29, 1.82) is 0 Å². The van der Waals surface area contributed by atoms with Crippen LogP contribution in [0.15, 0.2) is 6.16 Å². The zero-order valence-electron chi connectivity index (χ0n) is 6.71. The van der Waals surface area contributed by atoms with Gasteiger partial charge in [0.15, 0.2) is 0 Å². The van der Waals surface area contributed by atoms with E-state index in [-0.39, 0.29) is 0 Å². The maximum atomic E-state index is 6.04. The average Bonchev–Trinajstić information content (AvgIpc) is 2.09. The fourth-order valence-corrected chi connectivity index (χ4v) is 33.8. The van der Waals surface area contributed by atoms with Crippen molar-refractivity contribution in [2.24, 2.45) is 0 Å². The molecule has 0 radical (unpaired) electrons. The molecular weight excluding hydrogens is 556 g/mol. The molecule has 0 atom stereocenters. The molecule has 0 bridgehead atoms. The molecule has 0 unspecified atom stereocenters. The quantitative estimate of drug-likeness (QED) is 0.449. The van der Waals surface area contributed by atoms with E-state index in [0.29, 0.717) is 0 Å². The minimum absolute atomic E-state index is 1.07. The Labute approximate surface area is 99.8 Å². The van der Waals surface area contributed by atoms with Gasteiger partial charge in [-0.3, -0.25) is 0 Å². The van der Waals surface area contributed by atoms with Gasteiger partial charge in [-0.1, -0.05) is 0 Å². The van der Waals surface area contributed by atoms with Gasteiger partial charge in [0, 0.05) is 0 Å². The topological polar surface area (TPSA) is 0 Å². The summed E-state index contributed by atoms with van der Waals surface area (Å²) in [7, 11) is 12.1. The fourth-order valence-electron chi connectivity index (χ4n) is 1.56. The zero-order chi connectivity index (χ0) is 8.10. The first-order chi connectivity index (χ1) is 5.38. The monoisotopic (exact) mass is 568 g/mol. The van der Waals surface area contributed by atoms with Crippen LogP contribution >= 0.6 is 16.5 Å². The third-order valence-electron chi connectivity index (χ3n) is 2.28. The molecule has 4 heteroatoms. The van der Waals surface area contributed by atoms with Gasteiger partial charge in [0.25, 0.3) is 0 Å². The average molecular weight is 566 g/mol. The van der Waals surface area contributed by atoms with Gasteiger partial charge in [-0.25, -0.2) is 0 Å². The van der Waals surface area contributed by atoms with Crippen molar-refractivity contribution in [1.82, 2.24) is 0 Å². The summed E-state index contributed by atoms with van der Waals surface area (Å²) in [5, 5.41) is 0. The molecule has 0 aliphatic heterocycles. The Kier molecular flexibility index (Phi) is 6.78. The first kappa shape index (κ1) is 11.3. The third kappa shape index (κ3) is 3.83. The van der Waals surface area contributed by atoms with E-state index in [2.05, 4.69) is 0 Å². The number of halogens is 2. The van der Waals surface area contributed by atoms with E-state index < -0.39 is 46.7 Å². The molecular formula is C7H10Cl2Hg2. The normalized spacial score (nSPS) is 17.1. The number of allylic oxidation sites excluding steroid dienone is 1. The number of hydrogen-bond donors (Lipinski definition) is 0. The van der Waals surface area contributed by atoms with Crippen molar-refractivity contribution in [3.63, 3.8) is 0 Å². The van der Waals surface area contributed by atoms with Crippen LogP contribution in [0.4, 0.5) is 0 Å². The first-order valence-corrected chi connectivity index (χ1v) is 23.2. The van der Waals surface area contributed by atoms with E-state index in [0.717, 1.165) is 0 Å². The predicted molar refractivity (Wildman–Crippen MR) is 41.8 cm³/mol. The van der Waals surface area contributed by atoms with Crippen molar-refractivity contribution in [2.75, 3.05) is 0 Å². The molecule has 1 saturated carbocycles. The van der Waals surface area contributed by atoms with Crippen LogP contribution < -0.4 is 0 Å². The van der Waals surface area contributed by atoms with Crippen molar-refractivity contribution in [2.45, 2.75) is 32.1 Å². The van der Waals surface area contributed by atoms with Crippen molar-refractivity contribution in [3.8, 4) is 0 Å². The van der Waals surface area contributed by atoms with E-state index in [1.54, 1.807) is 6.16 Å². The zero-order valence-corrected chi connectivity index (χ0v) is 19.2. The summed E-state index contributed by atoms with van der Waals surface area (Å²) in [5.74, 6) is 0. The van der Waals surface area contributed by atoms with Crippen molar-refractivity contribution >= 4 is 16.5 Å². The van der Waals surface area contributed by atoms with Gasteiger partial charge in [-0.2, -0.15) is 0 Å². The predicted octanol–water partition coefficient (Wildman–Crippen LogP) is 3.63. The SMILES string of the molecule is [Cl][Hg][C]([Hg][Cl])=C1CCCCC1. The maximum absolute atomic E-state index is 6.04. The number of rotatable bonds is 2. The third-order valence-corrected chi connectivity index (χ3v) is 53.0. The van der Waals surface area contributed by atoms with Crippen LogP contribution in [-0.2, 0) is 46.7 Å². The van der Waals surface area contributed by atoms with Crippen LogP contribution in [0.2, 0.25) is 0 Å². The van der Waals surface area contributed by atoms with Crippen LogP contribution in [0.1, 0.15) is 32.1 Å². The molecule has 0 aromatic heterocycles. The summed E-state index contributed by atoms with van der Waals surface area (Å²) in [6.45, 7) is 0. The van der Waals surface area contributed by atoms with E-state index in [4.69, 9.17) is 16.5 Å². The van der Waals surface area contributed by atoms with Crippen LogP contribution in [-0.4, -0.2) is 0 Å². The van der Waals surface area contributed by atoms with Crippen LogP contribution in [0.25, 0.3) is 0 Å². The Morgan fingerprint density at radius 2 is 1.55 bits per heavy atom. The van der Waals surface area contributed by atoms with Crippen LogP contribution in [0.3, 0.4) is 0 Å². The van der Waals surface area contributed by atoms with Gasteiger partial charge < -0.3 is 0 Å². The summed E-state index contributed by atoms with van der Waals surface area (Å²) in [6.07, 6.45) is 6.90. The molecule has 1 aliphatic rings. The molecule has 56 valence electrons. The molecule has 0 aromatic carbocycles. The molecule has 0 spiro atoms. The summed E-state index contributed by atoms with van der Waals surface area (Å²) in [5.41, 5.74) is 1.73. The van der Waals surface area contributed by atoms with E-state index in [9.17, 15) is 0 Å². The van der Waals surface area contributed by atoms with Gasteiger partial charge in [0.05, 0.1) is 0 Å². The minimum atomic E-state index is -1.07. The molecule has 1 rings (SSSR count). The van der Waals surface area contributed by atoms with E-state index >= 15 is 0 Å². The molecule has 0 saturated heterocycles. The molecule has 0 N–H and O–H groups in total. The van der Waals surface area contributed by atoms with Gasteiger partial charge in [0.2, 0.25) is 0 Å². The van der Waals surface area contributed by atoms with Crippen molar-refractivity contribution < 1.29 is 46.7 Å². The van der Waals surface area contributed by atoms with Gasteiger partial charge >= 0.3 is 101 Å². The molecule has 0 heterocycles. The molecule has 0 amide bonds. The molecule has 1 aliphatic carbocycles. The van der Waals surface area contributed by atoms with Gasteiger partial charge in [-0.15, -0.1) is 0 Å². The molecule has 0 aromatic rings. The Morgan fingerprint density at radius 1 is 1.00 bits per heavy atom. The van der Waals surface area contributed by atoms with Gasteiger partial charge in [0.1, 0.15) is 0 Å². The van der Waals surface area contributed by atoms with E-state index in [1.807, 2.05) is 0 Å². The van der Waals surface area contributed by atoms with E-state index in [1.165, 1.54) is 32.1 Å². The van der Waals surface area contributed by atoms with Crippen LogP contribution in [0.5, 0.6) is 0 Å². The second-order valence-electron chi connectivity index (χ2n) is 3.04. The molecule has 1 fully saturated rings. The number of hydrogen-bond acceptors (Lipinski definition) is 0. The molecule has 0 nitrogen and oxygen atoms in total. The Hall–Kier alpha value is 2.19. The Balaban J connectivity index is 2.57. The van der Waals surface area contributed by atoms with Crippen LogP contribution in [0, 0.1) is 0 Å². The molecule has 11 heavy (non-hydrogen) atoms. The Morgan fingerprint density at radius 3 is 2.00 bits per heavy atom. The summed E-state index contributed by atoms with van der Waals surface area (Å²) in [6, 6.07) is 0. The second kappa shape index (κ2) is 6.62. The second-order valence-corrected chi connectivity index (χ2v) is 31.6. The Bertz CT molecular complexity index is 143. The first-order valence-electron chi connectivity index (χ1n) is 4.20. The van der Waals surface area contributed by atoms with Crippen molar-refractivity contribution in [3.05, 3.63) is 6.16 Å². The van der Waals surface area contributed by atoms with Gasteiger partial charge in [-0.05, 0) is 0 Å². The summed E-state index contributed by atoms with van der Waals surface area (Å²) in [4.78, 5) is 0. The standard InChI is InChI=1S/C7H10.2ClH.2Hg/c1-7-5-3-2-4-6-7;;;;/h2-6H2;2*1H;;/q;;;2*+1/p-2. The fraction of sp³-hybridized carbons (Fsp3) is 0.714.